The summed E-state index contributed by atoms with van der Waals surface area (Å²) in [6.45, 7) is 2.26. The van der Waals surface area contributed by atoms with Crippen molar-refractivity contribution in [2.45, 2.75) is 96.8 Å². The SMILES string of the molecule is CCCCCCCCCCCCCCCC[S+](C)COS(=O)(=O)O. The topological polar surface area (TPSA) is 63.6 Å². The summed E-state index contributed by atoms with van der Waals surface area (Å²) in [6.07, 6.45) is 20.8. The van der Waals surface area contributed by atoms with Crippen molar-refractivity contribution in [2.75, 3.05) is 17.9 Å². The zero-order valence-corrected chi connectivity index (χ0v) is 17.4. The Balaban J connectivity index is 3.17. The van der Waals surface area contributed by atoms with Crippen molar-refractivity contribution in [3.8, 4) is 0 Å². The normalized spacial score (nSPS) is 13.3. The molecule has 0 radical (unpaired) electrons. The molecular weight excluding hydrogens is 344 g/mol. The van der Waals surface area contributed by atoms with Gasteiger partial charge in [0, 0.05) is 10.9 Å². The summed E-state index contributed by atoms with van der Waals surface area (Å²) in [5, 5.41) is 0. The molecule has 6 heteroatoms. The van der Waals surface area contributed by atoms with Crippen LogP contribution in [-0.4, -0.2) is 30.9 Å². The maximum Gasteiger partial charge on any atom is 0.401 e. The van der Waals surface area contributed by atoms with Gasteiger partial charge in [0.1, 0.15) is 5.75 Å². The van der Waals surface area contributed by atoms with Gasteiger partial charge >= 0.3 is 10.4 Å². The van der Waals surface area contributed by atoms with E-state index in [0.717, 1.165) is 12.2 Å². The summed E-state index contributed by atoms with van der Waals surface area (Å²) in [6, 6.07) is 0. The molecule has 0 rings (SSSR count). The molecule has 0 saturated carbocycles. The van der Waals surface area contributed by atoms with Crippen LogP contribution in [0.25, 0.3) is 0 Å². The number of hydrogen-bond donors (Lipinski definition) is 1. The Morgan fingerprint density at radius 2 is 1.12 bits per heavy atom. The van der Waals surface area contributed by atoms with E-state index in [4.69, 9.17) is 4.55 Å². The van der Waals surface area contributed by atoms with Crippen LogP contribution in [0, 0.1) is 0 Å². The molecule has 0 aliphatic carbocycles. The molecule has 1 unspecified atom stereocenters. The van der Waals surface area contributed by atoms with Gasteiger partial charge in [0.2, 0.25) is 5.94 Å². The van der Waals surface area contributed by atoms with E-state index in [1.807, 2.05) is 6.26 Å². The first kappa shape index (κ1) is 24.2. The minimum atomic E-state index is -4.27. The van der Waals surface area contributed by atoms with Gasteiger partial charge in [-0.1, -0.05) is 84.0 Å². The Morgan fingerprint density at radius 3 is 1.50 bits per heavy atom. The van der Waals surface area contributed by atoms with Gasteiger partial charge in [0.05, 0.1) is 6.26 Å². The Kier molecular flexibility index (Phi) is 16.8. The Morgan fingerprint density at radius 1 is 0.750 bits per heavy atom. The fourth-order valence-corrected chi connectivity index (χ4v) is 4.70. The van der Waals surface area contributed by atoms with Crippen molar-refractivity contribution in [1.82, 2.24) is 0 Å². The van der Waals surface area contributed by atoms with Crippen molar-refractivity contribution < 1.29 is 17.2 Å². The average molecular weight is 384 g/mol. The lowest BCUT2D eigenvalue weighted by molar-refractivity contribution is 0.312. The van der Waals surface area contributed by atoms with E-state index >= 15 is 0 Å². The molecule has 0 fully saturated rings. The molecule has 1 atom stereocenters. The van der Waals surface area contributed by atoms with Crippen LogP contribution < -0.4 is 0 Å². The van der Waals surface area contributed by atoms with Crippen LogP contribution in [0.2, 0.25) is 0 Å². The highest BCUT2D eigenvalue weighted by molar-refractivity contribution is 7.96. The zero-order chi connectivity index (χ0) is 18.1. The standard InChI is InChI=1S/C18H38O4S2/c1-3-4-5-6-7-8-9-10-11-12-13-14-15-16-17-23(2)18-22-24(19,20)21/h3-18H2,1-2H3/p+1. The number of rotatable bonds is 18. The van der Waals surface area contributed by atoms with Crippen LogP contribution in [0.5, 0.6) is 0 Å². The number of hydrogen-bond acceptors (Lipinski definition) is 3. The molecule has 0 aromatic carbocycles. The van der Waals surface area contributed by atoms with E-state index in [0.29, 0.717) is 0 Å². The molecule has 0 bridgehead atoms. The first-order chi connectivity index (χ1) is 11.5. The summed E-state index contributed by atoms with van der Waals surface area (Å²) < 4.78 is 33.9. The molecule has 1 N–H and O–H groups in total. The fourth-order valence-electron chi connectivity index (χ4n) is 2.74. The van der Waals surface area contributed by atoms with E-state index in [-0.39, 0.29) is 16.8 Å². The molecule has 0 spiro atoms. The van der Waals surface area contributed by atoms with Gasteiger partial charge < -0.3 is 0 Å². The van der Waals surface area contributed by atoms with Crippen molar-refractivity contribution in [3.63, 3.8) is 0 Å². The minimum Gasteiger partial charge on any atom is -0.263 e. The van der Waals surface area contributed by atoms with E-state index in [2.05, 4.69) is 11.1 Å². The number of unbranched alkanes of at least 4 members (excludes halogenated alkanes) is 13. The van der Waals surface area contributed by atoms with Crippen LogP contribution in [0.3, 0.4) is 0 Å². The van der Waals surface area contributed by atoms with Crippen LogP contribution in [0.15, 0.2) is 0 Å². The predicted octanol–water partition coefficient (Wildman–Crippen LogP) is 5.49. The first-order valence-corrected chi connectivity index (χ1v) is 13.0. The smallest absolute Gasteiger partial charge is 0.263 e. The molecule has 24 heavy (non-hydrogen) atoms. The van der Waals surface area contributed by atoms with E-state index < -0.39 is 10.4 Å². The molecular formula is C18H39O4S2+. The quantitative estimate of drug-likeness (QED) is 0.193. The molecule has 0 amide bonds. The maximum atomic E-state index is 10.5. The largest absolute Gasteiger partial charge is 0.401 e. The molecule has 0 saturated heterocycles. The molecule has 0 aliphatic heterocycles. The molecule has 0 heterocycles. The van der Waals surface area contributed by atoms with Crippen molar-refractivity contribution in [1.29, 1.82) is 0 Å². The molecule has 0 aromatic heterocycles. The minimum absolute atomic E-state index is 0.0940. The van der Waals surface area contributed by atoms with Gasteiger partial charge in [-0.25, -0.2) is 0 Å². The van der Waals surface area contributed by atoms with Crippen LogP contribution in [-0.2, 0) is 25.5 Å². The van der Waals surface area contributed by atoms with Crippen molar-refractivity contribution in [2.24, 2.45) is 0 Å². The summed E-state index contributed by atoms with van der Waals surface area (Å²) in [5.41, 5.74) is 0. The highest BCUT2D eigenvalue weighted by Gasteiger charge is 2.15. The summed E-state index contributed by atoms with van der Waals surface area (Å²) in [5.74, 6) is 1.09. The Labute approximate surface area is 153 Å². The summed E-state index contributed by atoms with van der Waals surface area (Å²) in [4.78, 5) is 0. The van der Waals surface area contributed by atoms with Gasteiger partial charge in [-0.05, 0) is 12.8 Å². The second-order valence-corrected chi connectivity index (χ2v) is 10.0. The lowest BCUT2D eigenvalue weighted by Crippen LogP contribution is -2.16. The van der Waals surface area contributed by atoms with Crippen molar-refractivity contribution >= 4 is 21.3 Å². The van der Waals surface area contributed by atoms with Gasteiger partial charge in [-0.2, -0.15) is 12.6 Å². The highest BCUT2D eigenvalue weighted by atomic mass is 32.3. The van der Waals surface area contributed by atoms with Gasteiger partial charge in [0.15, 0.2) is 0 Å². The molecule has 4 nitrogen and oxygen atoms in total. The zero-order valence-electron chi connectivity index (χ0n) is 15.8. The van der Waals surface area contributed by atoms with Crippen LogP contribution in [0.4, 0.5) is 0 Å². The third-order valence-corrected chi connectivity index (χ3v) is 6.32. The molecule has 146 valence electrons. The monoisotopic (exact) mass is 383 g/mol. The lowest BCUT2D eigenvalue weighted by Gasteiger charge is -2.04. The van der Waals surface area contributed by atoms with Gasteiger partial charge in [-0.15, -0.1) is 0 Å². The van der Waals surface area contributed by atoms with Gasteiger partial charge in [0.25, 0.3) is 0 Å². The molecule has 0 aliphatic rings. The third-order valence-electron chi connectivity index (χ3n) is 4.24. The van der Waals surface area contributed by atoms with Crippen LogP contribution >= 0.6 is 0 Å². The van der Waals surface area contributed by atoms with E-state index in [9.17, 15) is 8.42 Å². The Bertz CT molecular complexity index is 358. The lowest BCUT2D eigenvalue weighted by atomic mass is 10.0. The molecule has 0 aromatic rings. The fraction of sp³-hybridized carbons (Fsp3) is 1.00. The summed E-state index contributed by atoms with van der Waals surface area (Å²) in [7, 11) is -4.36. The van der Waals surface area contributed by atoms with E-state index in [1.165, 1.54) is 83.5 Å². The summed E-state index contributed by atoms with van der Waals surface area (Å²) >= 11 is 0. The van der Waals surface area contributed by atoms with E-state index in [1.54, 1.807) is 0 Å². The van der Waals surface area contributed by atoms with Crippen LogP contribution in [0.1, 0.15) is 96.8 Å². The maximum absolute atomic E-state index is 10.5. The highest BCUT2D eigenvalue weighted by Crippen LogP contribution is 2.13. The second-order valence-electron chi connectivity index (χ2n) is 6.75. The third kappa shape index (κ3) is 20.3. The van der Waals surface area contributed by atoms with Crippen molar-refractivity contribution in [3.05, 3.63) is 0 Å². The predicted molar refractivity (Wildman–Crippen MR) is 106 cm³/mol. The first-order valence-electron chi connectivity index (χ1n) is 9.66. The van der Waals surface area contributed by atoms with Gasteiger partial charge in [-0.3, -0.25) is 4.55 Å². The Hall–Kier alpha value is 0.220. The second kappa shape index (κ2) is 16.7. The average Bonchev–Trinajstić information content (AvgIpc) is 2.52.